The van der Waals surface area contributed by atoms with E-state index >= 15 is 0 Å². The van der Waals surface area contributed by atoms with Crippen molar-refractivity contribution < 1.29 is 9.59 Å². The highest BCUT2D eigenvalue weighted by Gasteiger charge is 2.17. The summed E-state index contributed by atoms with van der Waals surface area (Å²) < 4.78 is 0. The van der Waals surface area contributed by atoms with Gasteiger partial charge in [-0.25, -0.2) is 0 Å². The average Bonchev–Trinajstić information content (AvgIpc) is 2.54. The smallest absolute Gasteiger partial charge is 0.243 e. The van der Waals surface area contributed by atoms with Crippen LogP contribution in [0.2, 0.25) is 0 Å². The quantitative estimate of drug-likeness (QED) is 0.629. The molecule has 0 aliphatic carbocycles. The molecule has 134 valence electrons. The van der Waals surface area contributed by atoms with E-state index < -0.39 is 6.04 Å². The molecule has 0 aliphatic rings. The summed E-state index contributed by atoms with van der Waals surface area (Å²) in [6.45, 7) is 9.98. The molecular weight excluding hydrogens is 322 g/mol. The SMILES string of the molecule is CCC(C)Sc1ccc(NC(=O)CNC(=O)[C@@H](N)C(C)C)c(C)c1. The first-order valence-electron chi connectivity index (χ1n) is 8.35. The molecule has 1 unspecified atom stereocenters. The number of anilines is 1. The third-order valence-corrected chi connectivity index (χ3v) is 5.09. The Morgan fingerprint density at radius 3 is 2.46 bits per heavy atom. The molecule has 2 atom stereocenters. The Morgan fingerprint density at radius 2 is 1.92 bits per heavy atom. The minimum absolute atomic E-state index is 0.0332. The van der Waals surface area contributed by atoms with E-state index in [0.717, 1.165) is 17.7 Å². The number of nitrogens with one attached hydrogen (secondary N) is 2. The summed E-state index contributed by atoms with van der Waals surface area (Å²) in [5.74, 6) is -0.534. The van der Waals surface area contributed by atoms with Crippen LogP contribution in [0.3, 0.4) is 0 Å². The van der Waals surface area contributed by atoms with Crippen LogP contribution in [0.4, 0.5) is 5.69 Å². The molecule has 24 heavy (non-hydrogen) atoms. The zero-order valence-corrected chi connectivity index (χ0v) is 16.0. The molecule has 6 heteroatoms. The van der Waals surface area contributed by atoms with Gasteiger partial charge in [-0.05, 0) is 43.0 Å². The summed E-state index contributed by atoms with van der Waals surface area (Å²) in [5.41, 5.74) is 7.51. The van der Waals surface area contributed by atoms with E-state index in [-0.39, 0.29) is 24.3 Å². The normalized spacial score (nSPS) is 13.5. The lowest BCUT2D eigenvalue weighted by Crippen LogP contribution is -2.46. The van der Waals surface area contributed by atoms with Gasteiger partial charge < -0.3 is 16.4 Å². The van der Waals surface area contributed by atoms with Crippen molar-refractivity contribution in [3.05, 3.63) is 23.8 Å². The van der Waals surface area contributed by atoms with E-state index in [1.54, 1.807) is 0 Å². The highest BCUT2D eigenvalue weighted by Crippen LogP contribution is 2.28. The zero-order valence-electron chi connectivity index (χ0n) is 15.2. The van der Waals surface area contributed by atoms with Gasteiger partial charge in [-0.1, -0.05) is 27.7 Å². The highest BCUT2D eigenvalue weighted by molar-refractivity contribution is 7.99. The fourth-order valence-corrected chi connectivity index (χ4v) is 2.97. The van der Waals surface area contributed by atoms with Crippen molar-refractivity contribution in [3.63, 3.8) is 0 Å². The Labute approximate surface area is 149 Å². The van der Waals surface area contributed by atoms with Crippen LogP contribution in [0.1, 0.15) is 39.7 Å². The molecular formula is C18H29N3O2S. The first-order valence-corrected chi connectivity index (χ1v) is 9.23. The first kappa shape index (κ1) is 20.5. The number of nitrogens with two attached hydrogens (primary N) is 1. The van der Waals surface area contributed by atoms with E-state index in [4.69, 9.17) is 5.73 Å². The van der Waals surface area contributed by atoms with Gasteiger partial charge in [0, 0.05) is 15.8 Å². The number of rotatable bonds is 8. The van der Waals surface area contributed by atoms with Gasteiger partial charge in [-0.3, -0.25) is 9.59 Å². The number of hydrogen-bond donors (Lipinski definition) is 3. The lowest BCUT2D eigenvalue weighted by atomic mass is 10.1. The highest BCUT2D eigenvalue weighted by atomic mass is 32.2. The number of aryl methyl sites for hydroxylation is 1. The van der Waals surface area contributed by atoms with Crippen LogP contribution < -0.4 is 16.4 Å². The third kappa shape index (κ3) is 6.53. The summed E-state index contributed by atoms with van der Waals surface area (Å²) in [6, 6.07) is 5.38. The molecule has 0 heterocycles. The molecule has 0 saturated heterocycles. The lowest BCUT2D eigenvalue weighted by Gasteiger charge is -2.16. The first-order chi connectivity index (χ1) is 11.2. The number of amides is 2. The molecule has 0 aliphatic heterocycles. The van der Waals surface area contributed by atoms with Crippen LogP contribution in [-0.4, -0.2) is 29.7 Å². The number of benzene rings is 1. The maximum atomic E-state index is 12.0. The molecule has 2 amide bonds. The van der Waals surface area contributed by atoms with Crippen molar-refractivity contribution in [1.82, 2.24) is 5.32 Å². The van der Waals surface area contributed by atoms with Crippen molar-refractivity contribution in [2.75, 3.05) is 11.9 Å². The molecule has 0 bridgehead atoms. The molecule has 0 radical (unpaired) electrons. The predicted octanol–water partition coefficient (Wildman–Crippen LogP) is 2.92. The molecule has 0 fully saturated rings. The number of carbonyl (C=O) groups excluding carboxylic acids is 2. The minimum Gasteiger partial charge on any atom is -0.346 e. The average molecular weight is 352 g/mol. The number of carbonyl (C=O) groups is 2. The van der Waals surface area contributed by atoms with Crippen LogP contribution >= 0.6 is 11.8 Å². The zero-order chi connectivity index (χ0) is 18.3. The van der Waals surface area contributed by atoms with E-state index in [1.165, 1.54) is 4.90 Å². The van der Waals surface area contributed by atoms with Crippen molar-refractivity contribution in [3.8, 4) is 0 Å². The second-order valence-electron chi connectivity index (χ2n) is 6.35. The van der Waals surface area contributed by atoms with Crippen molar-refractivity contribution in [2.24, 2.45) is 11.7 Å². The Morgan fingerprint density at radius 1 is 1.25 bits per heavy atom. The summed E-state index contributed by atoms with van der Waals surface area (Å²) in [6.07, 6.45) is 1.11. The van der Waals surface area contributed by atoms with E-state index in [0.29, 0.717) is 5.25 Å². The minimum atomic E-state index is -0.601. The molecule has 4 N–H and O–H groups in total. The summed E-state index contributed by atoms with van der Waals surface area (Å²) in [4.78, 5) is 25.0. The maximum absolute atomic E-state index is 12.0. The molecule has 1 aromatic rings. The van der Waals surface area contributed by atoms with Crippen LogP contribution in [-0.2, 0) is 9.59 Å². The second kappa shape index (κ2) is 9.69. The Balaban J connectivity index is 2.57. The largest absolute Gasteiger partial charge is 0.346 e. The summed E-state index contributed by atoms with van der Waals surface area (Å²) in [5, 5.41) is 5.95. The van der Waals surface area contributed by atoms with Gasteiger partial charge in [0.15, 0.2) is 0 Å². The lowest BCUT2D eigenvalue weighted by molar-refractivity contribution is -0.125. The number of thioether (sulfide) groups is 1. The molecule has 1 rings (SSSR count). The van der Waals surface area contributed by atoms with Crippen LogP contribution in [0.25, 0.3) is 0 Å². The van der Waals surface area contributed by atoms with Gasteiger partial charge in [-0.2, -0.15) is 0 Å². The molecule has 1 aromatic carbocycles. The molecule has 0 aromatic heterocycles. The van der Waals surface area contributed by atoms with E-state index in [2.05, 4.69) is 30.5 Å². The van der Waals surface area contributed by atoms with Gasteiger partial charge in [0.1, 0.15) is 0 Å². The molecule has 0 saturated carbocycles. The predicted molar refractivity (Wildman–Crippen MR) is 101 cm³/mol. The van der Waals surface area contributed by atoms with Crippen molar-refractivity contribution >= 4 is 29.3 Å². The van der Waals surface area contributed by atoms with Gasteiger partial charge >= 0.3 is 0 Å². The van der Waals surface area contributed by atoms with Crippen LogP contribution in [0.15, 0.2) is 23.1 Å². The standard InChI is InChI=1S/C18H29N3O2S/c1-6-13(5)24-14-7-8-15(12(4)9-14)21-16(22)10-20-18(23)17(19)11(2)3/h7-9,11,13,17H,6,10,19H2,1-5H3,(H,20,23)(H,21,22)/t13?,17-/m0/s1. The Hall–Kier alpha value is -1.53. The maximum Gasteiger partial charge on any atom is 0.243 e. The second-order valence-corrected chi connectivity index (χ2v) is 7.86. The van der Waals surface area contributed by atoms with Crippen molar-refractivity contribution in [1.29, 1.82) is 0 Å². The van der Waals surface area contributed by atoms with Gasteiger partial charge in [-0.15, -0.1) is 11.8 Å². The fourth-order valence-electron chi connectivity index (χ4n) is 1.95. The van der Waals surface area contributed by atoms with E-state index in [9.17, 15) is 9.59 Å². The van der Waals surface area contributed by atoms with Gasteiger partial charge in [0.2, 0.25) is 11.8 Å². The summed E-state index contributed by atoms with van der Waals surface area (Å²) >= 11 is 1.82. The monoisotopic (exact) mass is 351 g/mol. The molecule has 0 spiro atoms. The van der Waals surface area contributed by atoms with Gasteiger partial charge in [0.25, 0.3) is 0 Å². The van der Waals surface area contributed by atoms with Crippen molar-refractivity contribution in [2.45, 2.75) is 57.2 Å². The van der Waals surface area contributed by atoms with Crippen LogP contribution in [0.5, 0.6) is 0 Å². The molecule has 5 nitrogen and oxygen atoms in total. The summed E-state index contributed by atoms with van der Waals surface area (Å²) in [7, 11) is 0. The van der Waals surface area contributed by atoms with Crippen LogP contribution in [0, 0.1) is 12.8 Å². The topological polar surface area (TPSA) is 84.2 Å². The number of hydrogen-bond acceptors (Lipinski definition) is 4. The Kier molecular flexibility index (Phi) is 8.28. The van der Waals surface area contributed by atoms with Gasteiger partial charge in [0.05, 0.1) is 12.6 Å². The fraction of sp³-hybridized carbons (Fsp3) is 0.556. The van der Waals surface area contributed by atoms with E-state index in [1.807, 2.05) is 44.7 Å². The third-order valence-electron chi connectivity index (χ3n) is 3.83. The Bertz CT molecular complexity index is 575.